The van der Waals surface area contributed by atoms with Gasteiger partial charge in [0.2, 0.25) is 5.78 Å². The monoisotopic (exact) mass is 250 g/mol. The molecule has 0 radical (unpaired) electrons. The molecule has 0 atom stereocenters. The van der Waals surface area contributed by atoms with Crippen LogP contribution < -0.4 is 0 Å². The molecule has 0 N–H and O–H groups in total. The van der Waals surface area contributed by atoms with Crippen molar-refractivity contribution in [2.45, 2.75) is 19.3 Å². The molecule has 1 aromatic rings. The largest absolute Gasteiger partial charge is 0.297 e. The van der Waals surface area contributed by atoms with Crippen molar-refractivity contribution in [2.75, 3.05) is 13.1 Å². The van der Waals surface area contributed by atoms with E-state index in [2.05, 4.69) is 5.10 Å². The van der Waals surface area contributed by atoms with Crippen molar-refractivity contribution < 1.29 is 4.79 Å². The number of nitrogens with zero attached hydrogens (tertiary/aromatic N) is 2. The van der Waals surface area contributed by atoms with Crippen molar-refractivity contribution in [3.8, 4) is 0 Å². The summed E-state index contributed by atoms with van der Waals surface area (Å²) in [6, 6.07) is 6.85. The summed E-state index contributed by atoms with van der Waals surface area (Å²) in [4.78, 5) is 11.8. The number of benzene rings is 1. The molecule has 0 spiro atoms. The van der Waals surface area contributed by atoms with Gasteiger partial charge in [0.05, 0.1) is 6.21 Å². The van der Waals surface area contributed by atoms with Crippen LogP contribution in [-0.2, 0) is 0 Å². The molecule has 0 aliphatic carbocycles. The topological polar surface area (TPSA) is 32.7 Å². The van der Waals surface area contributed by atoms with Gasteiger partial charge in [-0.25, -0.2) is 0 Å². The Hall–Kier alpha value is -1.35. The standard InChI is InChI=1S/C13H15ClN2O/c14-12-6-4-11(5-7-12)13(17)10-15-16-8-2-1-3-9-16/h4-7,10H,1-3,8-9H2/b15-10-. The Morgan fingerprint density at radius 1 is 1.18 bits per heavy atom. The molecule has 0 saturated carbocycles. The van der Waals surface area contributed by atoms with E-state index in [0.29, 0.717) is 10.6 Å². The molecule has 0 aromatic heterocycles. The van der Waals surface area contributed by atoms with Crippen LogP contribution in [0.15, 0.2) is 29.4 Å². The van der Waals surface area contributed by atoms with Gasteiger partial charge in [0.25, 0.3) is 0 Å². The zero-order valence-corrected chi connectivity index (χ0v) is 10.4. The van der Waals surface area contributed by atoms with Crippen molar-refractivity contribution >= 4 is 23.6 Å². The number of piperidine rings is 1. The van der Waals surface area contributed by atoms with E-state index in [4.69, 9.17) is 11.6 Å². The lowest BCUT2D eigenvalue weighted by Gasteiger charge is -2.22. The molecule has 0 bridgehead atoms. The van der Waals surface area contributed by atoms with Gasteiger partial charge in [0, 0.05) is 23.7 Å². The van der Waals surface area contributed by atoms with Crippen molar-refractivity contribution in [1.82, 2.24) is 5.01 Å². The smallest absolute Gasteiger partial charge is 0.205 e. The molecule has 17 heavy (non-hydrogen) atoms. The molecule has 1 aliphatic heterocycles. The first-order valence-corrected chi connectivity index (χ1v) is 6.22. The van der Waals surface area contributed by atoms with Crippen LogP contribution in [-0.4, -0.2) is 30.1 Å². The van der Waals surface area contributed by atoms with Crippen molar-refractivity contribution in [3.63, 3.8) is 0 Å². The summed E-state index contributed by atoms with van der Waals surface area (Å²) >= 11 is 5.76. The molecule has 1 aliphatic rings. The van der Waals surface area contributed by atoms with Crippen LogP contribution in [0.5, 0.6) is 0 Å². The maximum Gasteiger partial charge on any atom is 0.205 e. The average Bonchev–Trinajstić information content (AvgIpc) is 2.38. The Bertz CT molecular complexity index is 408. The number of hydrogen-bond donors (Lipinski definition) is 0. The minimum Gasteiger partial charge on any atom is -0.297 e. The Kier molecular flexibility index (Phi) is 4.15. The molecule has 3 nitrogen and oxygen atoms in total. The lowest BCUT2D eigenvalue weighted by molar-refractivity contribution is 0.106. The predicted octanol–water partition coefficient (Wildman–Crippen LogP) is 2.99. The number of carbonyl (C=O) groups is 1. The summed E-state index contributed by atoms with van der Waals surface area (Å²) in [5.41, 5.74) is 0.621. The van der Waals surface area contributed by atoms with Gasteiger partial charge >= 0.3 is 0 Å². The van der Waals surface area contributed by atoms with Gasteiger partial charge in [-0.2, -0.15) is 5.10 Å². The summed E-state index contributed by atoms with van der Waals surface area (Å²) < 4.78 is 0. The van der Waals surface area contributed by atoms with E-state index in [0.717, 1.165) is 25.9 Å². The van der Waals surface area contributed by atoms with Gasteiger partial charge in [-0.1, -0.05) is 11.6 Å². The number of halogens is 1. The highest BCUT2D eigenvalue weighted by atomic mass is 35.5. The Morgan fingerprint density at radius 2 is 1.82 bits per heavy atom. The van der Waals surface area contributed by atoms with E-state index < -0.39 is 0 Å². The lowest BCUT2D eigenvalue weighted by atomic mass is 10.1. The summed E-state index contributed by atoms with van der Waals surface area (Å²) in [6.07, 6.45) is 4.98. The zero-order valence-electron chi connectivity index (χ0n) is 9.60. The number of rotatable bonds is 3. The zero-order chi connectivity index (χ0) is 12.1. The minimum atomic E-state index is -0.0766. The van der Waals surface area contributed by atoms with Crippen LogP contribution >= 0.6 is 11.6 Å². The molecular weight excluding hydrogens is 236 g/mol. The van der Waals surface area contributed by atoms with Crippen molar-refractivity contribution in [3.05, 3.63) is 34.9 Å². The number of Topliss-reactive ketones (excluding diaryl/α,β-unsaturated/α-hetero) is 1. The fourth-order valence-corrected chi connectivity index (χ4v) is 1.94. The van der Waals surface area contributed by atoms with E-state index in [9.17, 15) is 4.79 Å². The van der Waals surface area contributed by atoms with Gasteiger partial charge in [0.15, 0.2) is 0 Å². The second-order valence-corrected chi connectivity index (χ2v) is 4.57. The molecule has 2 rings (SSSR count). The fraction of sp³-hybridized carbons (Fsp3) is 0.385. The van der Waals surface area contributed by atoms with E-state index in [1.165, 1.54) is 12.6 Å². The van der Waals surface area contributed by atoms with Crippen molar-refractivity contribution in [2.24, 2.45) is 5.10 Å². The van der Waals surface area contributed by atoms with Crippen LogP contribution in [0.2, 0.25) is 5.02 Å². The van der Waals surface area contributed by atoms with Crippen LogP contribution in [0.25, 0.3) is 0 Å². The van der Waals surface area contributed by atoms with Crippen LogP contribution in [0, 0.1) is 0 Å². The second-order valence-electron chi connectivity index (χ2n) is 4.13. The Morgan fingerprint density at radius 3 is 2.47 bits per heavy atom. The molecule has 1 saturated heterocycles. The third-order valence-electron chi connectivity index (χ3n) is 2.80. The van der Waals surface area contributed by atoms with Crippen LogP contribution in [0.4, 0.5) is 0 Å². The van der Waals surface area contributed by atoms with Gasteiger partial charge in [-0.15, -0.1) is 0 Å². The van der Waals surface area contributed by atoms with E-state index in [1.807, 2.05) is 5.01 Å². The van der Waals surface area contributed by atoms with E-state index in [-0.39, 0.29) is 5.78 Å². The SMILES string of the molecule is O=C(/C=N\N1CCCCC1)c1ccc(Cl)cc1. The summed E-state index contributed by atoms with van der Waals surface area (Å²) in [6.45, 7) is 1.90. The molecule has 0 unspecified atom stereocenters. The maximum atomic E-state index is 11.8. The highest BCUT2D eigenvalue weighted by molar-refractivity contribution is 6.35. The fourth-order valence-electron chi connectivity index (χ4n) is 1.82. The molecule has 1 aromatic carbocycles. The second kappa shape index (κ2) is 5.82. The predicted molar refractivity (Wildman–Crippen MR) is 69.7 cm³/mol. The summed E-state index contributed by atoms with van der Waals surface area (Å²) in [7, 11) is 0. The first-order chi connectivity index (χ1) is 8.25. The lowest BCUT2D eigenvalue weighted by Crippen LogP contribution is -2.25. The summed E-state index contributed by atoms with van der Waals surface area (Å²) in [5.74, 6) is -0.0766. The number of hydrazone groups is 1. The van der Waals surface area contributed by atoms with Crippen LogP contribution in [0.3, 0.4) is 0 Å². The molecule has 90 valence electrons. The molecule has 1 fully saturated rings. The van der Waals surface area contributed by atoms with E-state index >= 15 is 0 Å². The van der Waals surface area contributed by atoms with Gasteiger partial charge in [-0.3, -0.25) is 9.80 Å². The Labute approximate surface area is 106 Å². The third kappa shape index (κ3) is 3.56. The summed E-state index contributed by atoms with van der Waals surface area (Å²) in [5, 5.41) is 6.80. The number of ketones is 1. The molecule has 4 heteroatoms. The number of hydrogen-bond acceptors (Lipinski definition) is 3. The first-order valence-electron chi connectivity index (χ1n) is 5.84. The van der Waals surface area contributed by atoms with Crippen molar-refractivity contribution in [1.29, 1.82) is 0 Å². The average molecular weight is 251 g/mol. The number of carbonyl (C=O) groups excluding carboxylic acids is 1. The molecule has 0 amide bonds. The van der Waals surface area contributed by atoms with Crippen LogP contribution in [0.1, 0.15) is 29.6 Å². The van der Waals surface area contributed by atoms with Gasteiger partial charge in [-0.05, 0) is 43.5 Å². The normalized spacial score (nSPS) is 16.4. The quantitative estimate of drug-likeness (QED) is 0.610. The highest BCUT2D eigenvalue weighted by Crippen LogP contribution is 2.10. The Balaban J connectivity index is 1.96. The van der Waals surface area contributed by atoms with Gasteiger partial charge in [0.1, 0.15) is 0 Å². The minimum absolute atomic E-state index is 0.0766. The maximum absolute atomic E-state index is 11.8. The van der Waals surface area contributed by atoms with Gasteiger partial charge < -0.3 is 0 Å². The highest BCUT2D eigenvalue weighted by Gasteiger charge is 2.07. The third-order valence-corrected chi connectivity index (χ3v) is 3.05. The molecule has 1 heterocycles. The first kappa shape index (κ1) is 12.1. The van der Waals surface area contributed by atoms with E-state index in [1.54, 1.807) is 24.3 Å². The molecular formula is C13H15ClN2O.